The van der Waals surface area contributed by atoms with E-state index in [-0.39, 0.29) is 5.82 Å². The van der Waals surface area contributed by atoms with Gasteiger partial charge in [0.25, 0.3) is 0 Å². The van der Waals surface area contributed by atoms with Gasteiger partial charge >= 0.3 is 0 Å². The molecule has 0 aliphatic heterocycles. The molecule has 0 bridgehead atoms. The summed E-state index contributed by atoms with van der Waals surface area (Å²) in [6, 6.07) is 6.66. The molecule has 3 heteroatoms. The Balaban J connectivity index is 2.24. The molecule has 1 aromatic rings. The van der Waals surface area contributed by atoms with Gasteiger partial charge in [0.1, 0.15) is 5.82 Å². The fourth-order valence-electron chi connectivity index (χ4n) is 1.64. The number of thiol groups is 1. The van der Waals surface area contributed by atoms with Crippen molar-refractivity contribution in [2.75, 3.05) is 24.2 Å². The molecule has 0 amide bonds. The molecule has 1 aromatic carbocycles. The van der Waals surface area contributed by atoms with Gasteiger partial charge in [-0.15, -0.1) is 0 Å². The fourth-order valence-corrected chi connectivity index (χ4v) is 1.86. The van der Waals surface area contributed by atoms with Crippen LogP contribution in [0.5, 0.6) is 0 Å². The molecule has 0 N–H and O–H groups in total. The van der Waals surface area contributed by atoms with Crippen molar-refractivity contribution in [3.8, 4) is 0 Å². The normalized spacial score (nSPS) is 10.4. The van der Waals surface area contributed by atoms with Crippen molar-refractivity contribution in [2.24, 2.45) is 0 Å². The Morgan fingerprint density at radius 3 is 2.31 bits per heavy atom. The van der Waals surface area contributed by atoms with Gasteiger partial charge in [-0.05, 0) is 42.9 Å². The largest absolute Gasteiger partial charge is 0.375 e. The van der Waals surface area contributed by atoms with E-state index in [0.29, 0.717) is 0 Å². The average molecular weight is 241 g/mol. The highest BCUT2D eigenvalue weighted by Gasteiger charge is 2.00. The summed E-state index contributed by atoms with van der Waals surface area (Å²) < 4.78 is 12.7. The first kappa shape index (κ1) is 13.4. The van der Waals surface area contributed by atoms with Gasteiger partial charge in [-0.25, -0.2) is 4.39 Å². The number of benzene rings is 1. The minimum absolute atomic E-state index is 0.175. The number of hydrogen-bond acceptors (Lipinski definition) is 2. The molecule has 0 radical (unpaired) electrons. The van der Waals surface area contributed by atoms with Gasteiger partial charge in [0.2, 0.25) is 0 Å². The zero-order valence-corrected chi connectivity index (χ0v) is 10.7. The van der Waals surface area contributed by atoms with Gasteiger partial charge in [0.15, 0.2) is 0 Å². The van der Waals surface area contributed by atoms with Crippen LogP contribution in [0.4, 0.5) is 10.1 Å². The SMILES string of the molecule is CN(CCCCCCS)c1ccc(F)cc1. The van der Waals surface area contributed by atoms with Crippen LogP contribution in [0.25, 0.3) is 0 Å². The summed E-state index contributed by atoms with van der Waals surface area (Å²) >= 11 is 4.18. The zero-order chi connectivity index (χ0) is 11.8. The average Bonchev–Trinajstić information content (AvgIpc) is 2.29. The van der Waals surface area contributed by atoms with Crippen LogP contribution in [0.3, 0.4) is 0 Å². The van der Waals surface area contributed by atoms with Gasteiger partial charge in [0, 0.05) is 19.3 Å². The van der Waals surface area contributed by atoms with E-state index in [1.54, 1.807) is 0 Å². The van der Waals surface area contributed by atoms with E-state index in [4.69, 9.17) is 0 Å². The Kier molecular flexibility index (Phi) is 6.31. The highest BCUT2D eigenvalue weighted by atomic mass is 32.1. The molecule has 0 spiro atoms. The van der Waals surface area contributed by atoms with E-state index in [2.05, 4.69) is 17.5 Å². The Labute approximate surface area is 103 Å². The van der Waals surface area contributed by atoms with Crippen molar-refractivity contribution in [1.82, 2.24) is 0 Å². The lowest BCUT2D eigenvalue weighted by atomic mass is 10.2. The minimum atomic E-state index is -0.175. The van der Waals surface area contributed by atoms with Crippen molar-refractivity contribution >= 4 is 18.3 Å². The molecule has 0 fully saturated rings. The summed E-state index contributed by atoms with van der Waals surface area (Å²) in [7, 11) is 2.05. The topological polar surface area (TPSA) is 3.24 Å². The summed E-state index contributed by atoms with van der Waals surface area (Å²) in [5, 5.41) is 0. The Hall–Kier alpha value is -0.700. The monoisotopic (exact) mass is 241 g/mol. The number of anilines is 1. The summed E-state index contributed by atoms with van der Waals surface area (Å²) in [4.78, 5) is 2.17. The predicted molar refractivity (Wildman–Crippen MR) is 72.0 cm³/mol. The highest BCUT2D eigenvalue weighted by molar-refractivity contribution is 7.80. The van der Waals surface area contributed by atoms with E-state index in [0.717, 1.165) is 18.0 Å². The lowest BCUT2D eigenvalue weighted by Gasteiger charge is -2.19. The van der Waals surface area contributed by atoms with E-state index in [1.807, 2.05) is 19.2 Å². The van der Waals surface area contributed by atoms with Gasteiger partial charge < -0.3 is 4.90 Å². The van der Waals surface area contributed by atoms with E-state index < -0.39 is 0 Å². The Morgan fingerprint density at radius 2 is 1.69 bits per heavy atom. The standard InChI is InChI=1S/C13H20FNS/c1-15(10-4-2-3-5-11-16)13-8-6-12(14)7-9-13/h6-9,16H,2-5,10-11H2,1H3. The van der Waals surface area contributed by atoms with Crippen LogP contribution in [0.1, 0.15) is 25.7 Å². The van der Waals surface area contributed by atoms with Crippen molar-refractivity contribution < 1.29 is 4.39 Å². The molecule has 0 aliphatic rings. The van der Waals surface area contributed by atoms with Crippen molar-refractivity contribution in [3.63, 3.8) is 0 Å². The van der Waals surface area contributed by atoms with Gasteiger partial charge in [0.05, 0.1) is 0 Å². The maximum atomic E-state index is 12.7. The first-order chi connectivity index (χ1) is 7.74. The lowest BCUT2D eigenvalue weighted by molar-refractivity contribution is 0.627. The molecule has 1 nitrogen and oxygen atoms in total. The number of unbranched alkanes of at least 4 members (excludes halogenated alkanes) is 3. The molecule has 0 heterocycles. The van der Waals surface area contributed by atoms with Gasteiger partial charge in [-0.3, -0.25) is 0 Å². The van der Waals surface area contributed by atoms with Gasteiger partial charge in [-0.1, -0.05) is 12.8 Å². The molecule has 90 valence electrons. The van der Waals surface area contributed by atoms with Crippen molar-refractivity contribution in [3.05, 3.63) is 30.1 Å². The van der Waals surface area contributed by atoms with Crippen LogP contribution in [0.15, 0.2) is 24.3 Å². The van der Waals surface area contributed by atoms with Crippen LogP contribution in [0.2, 0.25) is 0 Å². The van der Waals surface area contributed by atoms with Crippen LogP contribution in [-0.4, -0.2) is 19.3 Å². The third-order valence-corrected chi connectivity index (χ3v) is 2.99. The lowest BCUT2D eigenvalue weighted by Crippen LogP contribution is -2.18. The summed E-state index contributed by atoms with van der Waals surface area (Å²) in [6.07, 6.45) is 4.87. The molecular weight excluding hydrogens is 221 g/mol. The van der Waals surface area contributed by atoms with E-state index >= 15 is 0 Å². The summed E-state index contributed by atoms with van der Waals surface area (Å²) in [5.74, 6) is 0.805. The highest BCUT2D eigenvalue weighted by Crippen LogP contribution is 2.14. The third-order valence-electron chi connectivity index (χ3n) is 2.67. The molecule has 0 aliphatic carbocycles. The smallest absolute Gasteiger partial charge is 0.123 e. The first-order valence-electron chi connectivity index (χ1n) is 5.81. The molecule has 16 heavy (non-hydrogen) atoms. The number of hydrogen-bond donors (Lipinski definition) is 1. The first-order valence-corrected chi connectivity index (χ1v) is 6.45. The Bertz CT molecular complexity index is 286. The molecule has 0 atom stereocenters. The number of nitrogens with zero attached hydrogens (tertiary/aromatic N) is 1. The van der Waals surface area contributed by atoms with E-state index in [1.165, 1.54) is 37.8 Å². The third kappa shape index (κ3) is 4.88. The van der Waals surface area contributed by atoms with Crippen LogP contribution in [0, 0.1) is 5.82 Å². The maximum Gasteiger partial charge on any atom is 0.123 e. The zero-order valence-electron chi connectivity index (χ0n) is 9.82. The van der Waals surface area contributed by atoms with Crippen molar-refractivity contribution in [2.45, 2.75) is 25.7 Å². The molecule has 0 saturated heterocycles. The quantitative estimate of drug-likeness (QED) is 0.562. The van der Waals surface area contributed by atoms with Gasteiger partial charge in [-0.2, -0.15) is 12.6 Å². The van der Waals surface area contributed by atoms with Crippen LogP contribution < -0.4 is 4.90 Å². The molecule has 0 aromatic heterocycles. The number of halogens is 1. The second-order valence-electron chi connectivity index (χ2n) is 4.04. The van der Waals surface area contributed by atoms with Crippen molar-refractivity contribution in [1.29, 1.82) is 0 Å². The molecule has 0 saturated carbocycles. The molecular formula is C13H20FNS. The molecule has 0 unspecified atom stereocenters. The number of rotatable bonds is 7. The summed E-state index contributed by atoms with van der Waals surface area (Å²) in [6.45, 7) is 1.03. The van der Waals surface area contributed by atoms with E-state index in [9.17, 15) is 4.39 Å². The second kappa shape index (κ2) is 7.55. The summed E-state index contributed by atoms with van der Waals surface area (Å²) in [5.41, 5.74) is 1.08. The predicted octanol–water partition coefficient (Wildman–Crippen LogP) is 3.75. The van der Waals surface area contributed by atoms with Crippen LogP contribution in [-0.2, 0) is 0 Å². The minimum Gasteiger partial charge on any atom is -0.375 e. The maximum absolute atomic E-state index is 12.7. The second-order valence-corrected chi connectivity index (χ2v) is 4.48. The Morgan fingerprint density at radius 1 is 1.06 bits per heavy atom. The van der Waals surface area contributed by atoms with Crippen LogP contribution >= 0.6 is 12.6 Å². The molecule has 1 rings (SSSR count). The fraction of sp³-hybridized carbons (Fsp3) is 0.538.